The van der Waals surface area contributed by atoms with E-state index in [4.69, 9.17) is 17.0 Å². The quantitative estimate of drug-likeness (QED) is 0.501. The Morgan fingerprint density at radius 3 is 2.79 bits per heavy atom. The van der Waals surface area contributed by atoms with E-state index in [9.17, 15) is 9.59 Å². The van der Waals surface area contributed by atoms with Gasteiger partial charge in [0.2, 0.25) is 11.7 Å². The highest BCUT2D eigenvalue weighted by Crippen LogP contribution is 2.33. The Hall–Kier alpha value is -2.72. The van der Waals surface area contributed by atoms with Crippen molar-refractivity contribution in [1.29, 1.82) is 0 Å². The molecule has 2 amide bonds. The molecule has 1 N–H and O–H groups in total. The summed E-state index contributed by atoms with van der Waals surface area (Å²) in [5.41, 5.74) is 1.48. The van der Waals surface area contributed by atoms with Crippen molar-refractivity contribution >= 4 is 52.0 Å². The van der Waals surface area contributed by atoms with Crippen molar-refractivity contribution in [2.45, 2.75) is 26.2 Å². The summed E-state index contributed by atoms with van der Waals surface area (Å²) >= 11 is 6.59. The van der Waals surface area contributed by atoms with Crippen LogP contribution in [0, 0.1) is 0 Å². The number of ether oxygens (including phenoxy) is 1. The lowest BCUT2D eigenvalue weighted by molar-refractivity contribution is -0.122. The molecule has 29 heavy (non-hydrogen) atoms. The molecule has 1 fully saturated rings. The van der Waals surface area contributed by atoms with Crippen LogP contribution in [0.15, 0.2) is 33.8 Å². The lowest BCUT2D eigenvalue weighted by atomic mass is 10.2. The first-order valence-electron chi connectivity index (χ1n) is 9.02. The van der Waals surface area contributed by atoms with Crippen molar-refractivity contribution < 1.29 is 19.0 Å². The van der Waals surface area contributed by atoms with Gasteiger partial charge in [-0.3, -0.25) is 14.5 Å². The van der Waals surface area contributed by atoms with E-state index in [0.717, 1.165) is 11.3 Å². The number of aryl methyl sites for hydroxylation is 1. The van der Waals surface area contributed by atoms with E-state index in [2.05, 4.69) is 20.3 Å². The smallest absolute Gasteiger partial charge is 0.266 e. The zero-order valence-electron chi connectivity index (χ0n) is 16.0. The van der Waals surface area contributed by atoms with Crippen LogP contribution in [0.5, 0.6) is 5.75 Å². The number of methoxy groups -OCH3 is 1. The minimum atomic E-state index is -0.213. The number of hydrogen-bond donors (Lipinski definition) is 1. The molecular weight excluding hydrogens is 412 g/mol. The van der Waals surface area contributed by atoms with Crippen molar-refractivity contribution in [3.8, 4) is 5.75 Å². The van der Waals surface area contributed by atoms with Gasteiger partial charge in [0.25, 0.3) is 5.91 Å². The zero-order chi connectivity index (χ0) is 20.8. The Balaban J connectivity index is 1.53. The summed E-state index contributed by atoms with van der Waals surface area (Å²) in [5.74, 6) is 0.728. The van der Waals surface area contributed by atoms with E-state index in [0.29, 0.717) is 40.1 Å². The fourth-order valence-corrected chi connectivity index (χ4v) is 3.98. The van der Waals surface area contributed by atoms with E-state index in [1.807, 2.05) is 31.2 Å². The number of nitrogens with zero attached hydrogens (tertiary/aromatic N) is 3. The average molecular weight is 433 g/mol. The highest BCUT2D eigenvalue weighted by Gasteiger charge is 2.31. The van der Waals surface area contributed by atoms with Crippen LogP contribution in [0.3, 0.4) is 0 Å². The van der Waals surface area contributed by atoms with Crippen molar-refractivity contribution in [2.75, 3.05) is 19.0 Å². The van der Waals surface area contributed by atoms with Gasteiger partial charge in [-0.2, -0.15) is 0 Å². The highest BCUT2D eigenvalue weighted by atomic mass is 32.2. The number of thioether (sulfide) groups is 1. The van der Waals surface area contributed by atoms with Gasteiger partial charge in [0.05, 0.1) is 12.0 Å². The van der Waals surface area contributed by atoms with Crippen LogP contribution in [0.4, 0.5) is 5.82 Å². The second-order valence-electron chi connectivity index (χ2n) is 6.17. The van der Waals surface area contributed by atoms with Gasteiger partial charge < -0.3 is 10.1 Å². The molecular formula is C19H20N4O4S2. The van der Waals surface area contributed by atoms with Crippen LogP contribution in [-0.4, -0.2) is 45.0 Å². The first kappa shape index (κ1) is 21.0. The summed E-state index contributed by atoms with van der Waals surface area (Å²) in [5, 5.41) is 10.1. The van der Waals surface area contributed by atoms with E-state index in [-0.39, 0.29) is 18.2 Å². The zero-order valence-corrected chi connectivity index (χ0v) is 17.6. The topological polar surface area (TPSA) is 97.6 Å². The van der Waals surface area contributed by atoms with Gasteiger partial charge in [-0.15, -0.1) is 0 Å². The summed E-state index contributed by atoms with van der Waals surface area (Å²) < 4.78 is 10.3. The molecule has 2 heterocycles. The summed E-state index contributed by atoms with van der Waals surface area (Å²) in [4.78, 5) is 26.8. The van der Waals surface area contributed by atoms with Crippen LogP contribution in [-0.2, 0) is 16.0 Å². The molecule has 3 rings (SSSR count). The minimum Gasteiger partial charge on any atom is -0.497 e. The number of anilines is 1. The first-order chi connectivity index (χ1) is 14.0. The molecule has 152 valence electrons. The van der Waals surface area contributed by atoms with Gasteiger partial charge in [-0.25, -0.2) is 4.63 Å². The molecule has 0 spiro atoms. The van der Waals surface area contributed by atoms with Crippen LogP contribution in [0.2, 0.25) is 0 Å². The number of amides is 2. The fraction of sp³-hybridized carbons (Fsp3) is 0.316. The number of thiocarbonyl (C=S) groups is 1. The third-order valence-corrected chi connectivity index (χ3v) is 5.60. The molecule has 0 saturated carbocycles. The number of aromatic nitrogens is 2. The lowest BCUT2D eigenvalue weighted by Gasteiger charge is -2.13. The van der Waals surface area contributed by atoms with Crippen LogP contribution in [0.1, 0.15) is 31.0 Å². The van der Waals surface area contributed by atoms with Crippen molar-refractivity contribution in [2.24, 2.45) is 0 Å². The maximum absolute atomic E-state index is 12.7. The summed E-state index contributed by atoms with van der Waals surface area (Å²) in [6.45, 7) is 2.26. The van der Waals surface area contributed by atoms with Crippen molar-refractivity contribution in [3.05, 3.63) is 40.4 Å². The predicted octanol–water partition coefficient (Wildman–Crippen LogP) is 3.26. The second kappa shape index (κ2) is 9.66. The maximum Gasteiger partial charge on any atom is 0.266 e. The van der Waals surface area contributed by atoms with Crippen molar-refractivity contribution in [3.63, 3.8) is 0 Å². The largest absolute Gasteiger partial charge is 0.497 e. The Morgan fingerprint density at radius 1 is 1.34 bits per heavy atom. The number of hydrogen-bond acceptors (Lipinski definition) is 8. The van der Waals surface area contributed by atoms with E-state index >= 15 is 0 Å². The number of benzene rings is 1. The van der Waals surface area contributed by atoms with Gasteiger partial charge in [-0.1, -0.05) is 48.2 Å². The van der Waals surface area contributed by atoms with E-state index < -0.39 is 0 Å². The molecule has 0 bridgehead atoms. The standard InChI is InChI=1S/C19H20N4O4S2/c1-3-14-17(22-27-21-14)20-16(24)5-4-10-23-18(25)15(29-19(23)28)11-12-6-8-13(26-2)9-7-12/h6-9,11H,3-5,10H2,1-2H3,(H,20,22,24)/b15-11-. The summed E-state index contributed by atoms with van der Waals surface area (Å²) in [6.07, 6.45) is 3.11. The number of nitrogens with one attached hydrogen (secondary N) is 1. The Morgan fingerprint density at radius 2 is 2.10 bits per heavy atom. The normalized spacial score (nSPS) is 15.2. The van der Waals surface area contributed by atoms with Gasteiger partial charge in [-0.05, 0) is 41.8 Å². The Kier molecular flexibility index (Phi) is 6.99. The third kappa shape index (κ3) is 5.21. The molecule has 1 aliphatic heterocycles. The molecule has 8 nitrogen and oxygen atoms in total. The van der Waals surface area contributed by atoms with E-state index in [1.165, 1.54) is 16.7 Å². The molecule has 0 unspecified atom stereocenters. The molecule has 2 aromatic rings. The monoisotopic (exact) mass is 432 g/mol. The molecule has 10 heteroatoms. The van der Waals surface area contributed by atoms with Crippen LogP contribution >= 0.6 is 24.0 Å². The first-order valence-corrected chi connectivity index (χ1v) is 10.2. The Bertz CT molecular complexity index is 940. The summed E-state index contributed by atoms with van der Waals surface area (Å²) in [7, 11) is 1.60. The van der Waals surface area contributed by atoms with E-state index in [1.54, 1.807) is 13.2 Å². The fourth-order valence-electron chi connectivity index (χ4n) is 2.67. The molecule has 1 aliphatic rings. The molecule has 1 aromatic carbocycles. The number of carbonyl (C=O) groups is 2. The minimum absolute atomic E-state index is 0.148. The predicted molar refractivity (Wildman–Crippen MR) is 114 cm³/mol. The highest BCUT2D eigenvalue weighted by molar-refractivity contribution is 8.26. The number of carbonyl (C=O) groups excluding carboxylic acids is 2. The lowest BCUT2D eigenvalue weighted by Crippen LogP contribution is -2.29. The maximum atomic E-state index is 12.7. The molecule has 0 radical (unpaired) electrons. The molecule has 1 saturated heterocycles. The van der Waals surface area contributed by atoms with Crippen molar-refractivity contribution in [1.82, 2.24) is 15.2 Å². The van der Waals surface area contributed by atoms with Crippen LogP contribution < -0.4 is 10.1 Å². The second-order valence-corrected chi connectivity index (χ2v) is 7.85. The van der Waals surface area contributed by atoms with Gasteiger partial charge in [0.1, 0.15) is 15.8 Å². The molecule has 0 atom stereocenters. The van der Waals surface area contributed by atoms with Gasteiger partial charge in [0.15, 0.2) is 0 Å². The molecule has 0 aliphatic carbocycles. The Labute approximate surface area is 177 Å². The average Bonchev–Trinajstić information content (AvgIpc) is 3.27. The van der Waals surface area contributed by atoms with Gasteiger partial charge >= 0.3 is 0 Å². The SMILES string of the molecule is CCc1nonc1NC(=O)CCCN1C(=O)/C(=C/c2ccc(OC)cc2)SC1=S. The van der Waals surface area contributed by atoms with Gasteiger partial charge in [0, 0.05) is 13.0 Å². The summed E-state index contributed by atoms with van der Waals surface area (Å²) in [6, 6.07) is 7.41. The molecule has 1 aromatic heterocycles. The van der Waals surface area contributed by atoms with Crippen LogP contribution in [0.25, 0.3) is 6.08 Å². The third-order valence-electron chi connectivity index (χ3n) is 4.22. The number of rotatable bonds is 8.